The van der Waals surface area contributed by atoms with Crippen LogP contribution in [0.1, 0.15) is 12.8 Å². The molecule has 0 aromatic rings. The summed E-state index contributed by atoms with van der Waals surface area (Å²) in [4.78, 5) is 0. The monoisotopic (exact) mass is 132 g/mol. The van der Waals surface area contributed by atoms with Gasteiger partial charge in [-0.2, -0.15) is 10.5 Å². The summed E-state index contributed by atoms with van der Waals surface area (Å²) >= 11 is 0. The Hall–Kier alpha value is -1.28. The van der Waals surface area contributed by atoms with Crippen molar-refractivity contribution >= 4 is 0 Å². The van der Waals surface area contributed by atoms with E-state index in [1.165, 1.54) is 0 Å². The number of nitriles is 2. The molecule has 0 aliphatic heterocycles. The third kappa shape index (κ3) is 1.36. The molecule has 0 radical (unpaired) electrons. The number of rotatable bonds is 0. The van der Waals surface area contributed by atoms with Crippen molar-refractivity contribution in [2.75, 3.05) is 0 Å². The summed E-state index contributed by atoms with van der Waals surface area (Å²) in [6, 6.07) is 4.30. The zero-order chi connectivity index (χ0) is 7.40. The molecule has 2 nitrogen and oxygen atoms in total. The number of hydrogen-bond donors (Lipinski definition) is 0. The fraction of sp³-hybridized carbons (Fsp3) is 0.500. The van der Waals surface area contributed by atoms with Crippen LogP contribution in [0.5, 0.6) is 0 Å². The summed E-state index contributed by atoms with van der Waals surface area (Å²) in [7, 11) is 0. The standard InChI is InChI=1S/C8H8N2/c9-5-7-2-1-3-8(4-7)6-10/h1-2,7-8H,3-4H2. The molecular formula is C8H8N2. The van der Waals surface area contributed by atoms with Gasteiger partial charge in [0.1, 0.15) is 0 Å². The zero-order valence-electron chi connectivity index (χ0n) is 5.62. The van der Waals surface area contributed by atoms with Crippen LogP contribution in [0.4, 0.5) is 0 Å². The number of nitrogens with zero attached hydrogens (tertiary/aromatic N) is 2. The van der Waals surface area contributed by atoms with E-state index in [2.05, 4.69) is 12.1 Å². The van der Waals surface area contributed by atoms with Crippen molar-refractivity contribution in [3.63, 3.8) is 0 Å². The fourth-order valence-corrected chi connectivity index (χ4v) is 1.09. The van der Waals surface area contributed by atoms with E-state index in [1.807, 2.05) is 12.2 Å². The average molecular weight is 132 g/mol. The first kappa shape index (κ1) is 6.83. The van der Waals surface area contributed by atoms with Gasteiger partial charge in [0.05, 0.1) is 24.0 Å². The summed E-state index contributed by atoms with van der Waals surface area (Å²) in [6.45, 7) is 0. The van der Waals surface area contributed by atoms with Gasteiger partial charge in [-0.1, -0.05) is 12.2 Å². The maximum absolute atomic E-state index is 8.51. The smallest absolute Gasteiger partial charge is 0.0697 e. The Morgan fingerprint density at radius 1 is 1.30 bits per heavy atom. The van der Waals surface area contributed by atoms with Crippen LogP contribution < -0.4 is 0 Å². The normalized spacial score (nSPS) is 30.6. The van der Waals surface area contributed by atoms with Crippen LogP contribution in [0, 0.1) is 34.5 Å². The first-order valence-electron chi connectivity index (χ1n) is 3.32. The highest BCUT2D eigenvalue weighted by atomic mass is 14.3. The minimum absolute atomic E-state index is 0.0293. The quantitative estimate of drug-likeness (QED) is 0.470. The molecule has 2 heteroatoms. The molecule has 0 saturated carbocycles. The van der Waals surface area contributed by atoms with Crippen molar-refractivity contribution < 1.29 is 0 Å². The number of hydrogen-bond acceptors (Lipinski definition) is 2. The largest absolute Gasteiger partial charge is 0.198 e. The van der Waals surface area contributed by atoms with Crippen LogP contribution in [0.15, 0.2) is 12.2 Å². The lowest BCUT2D eigenvalue weighted by Crippen LogP contribution is -2.07. The van der Waals surface area contributed by atoms with Gasteiger partial charge in [0, 0.05) is 0 Å². The Morgan fingerprint density at radius 3 is 2.70 bits per heavy atom. The molecule has 0 fully saturated rings. The predicted molar refractivity (Wildman–Crippen MR) is 36.6 cm³/mol. The predicted octanol–water partition coefficient (Wildman–Crippen LogP) is 1.62. The van der Waals surface area contributed by atoms with Gasteiger partial charge in [-0.05, 0) is 12.8 Å². The highest BCUT2D eigenvalue weighted by Gasteiger charge is 2.15. The zero-order valence-corrected chi connectivity index (χ0v) is 5.62. The molecule has 0 saturated heterocycles. The van der Waals surface area contributed by atoms with Gasteiger partial charge in [0.15, 0.2) is 0 Å². The fourth-order valence-electron chi connectivity index (χ4n) is 1.09. The van der Waals surface area contributed by atoms with Crippen LogP contribution in [0.2, 0.25) is 0 Å². The van der Waals surface area contributed by atoms with Crippen molar-refractivity contribution in [3.05, 3.63) is 12.2 Å². The molecule has 0 N–H and O–H groups in total. The summed E-state index contributed by atoms with van der Waals surface area (Å²) in [5, 5.41) is 17.0. The Balaban J connectivity index is 2.58. The Morgan fingerprint density at radius 2 is 2.10 bits per heavy atom. The van der Waals surface area contributed by atoms with Crippen molar-refractivity contribution in [2.45, 2.75) is 12.8 Å². The maximum Gasteiger partial charge on any atom is 0.0697 e. The first-order valence-corrected chi connectivity index (χ1v) is 3.32. The molecule has 0 bridgehead atoms. The first-order chi connectivity index (χ1) is 4.86. The third-order valence-corrected chi connectivity index (χ3v) is 1.68. The molecule has 1 aliphatic carbocycles. The SMILES string of the molecule is N#CC1C=CCC(C#N)C1. The highest BCUT2D eigenvalue weighted by molar-refractivity contribution is 5.08. The summed E-state index contributed by atoms with van der Waals surface area (Å²) < 4.78 is 0. The molecular weight excluding hydrogens is 124 g/mol. The van der Waals surface area contributed by atoms with E-state index in [0.29, 0.717) is 6.42 Å². The van der Waals surface area contributed by atoms with Crippen LogP contribution in [0.3, 0.4) is 0 Å². The molecule has 0 aromatic heterocycles. The van der Waals surface area contributed by atoms with E-state index in [4.69, 9.17) is 10.5 Å². The van der Waals surface area contributed by atoms with Crippen molar-refractivity contribution in [1.29, 1.82) is 10.5 Å². The summed E-state index contributed by atoms with van der Waals surface area (Å²) in [5.41, 5.74) is 0. The summed E-state index contributed by atoms with van der Waals surface area (Å²) in [5.74, 6) is 0.0352. The van der Waals surface area contributed by atoms with Gasteiger partial charge in [-0.3, -0.25) is 0 Å². The van der Waals surface area contributed by atoms with E-state index in [1.54, 1.807) is 0 Å². The topological polar surface area (TPSA) is 47.6 Å². The van der Waals surface area contributed by atoms with Gasteiger partial charge in [-0.25, -0.2) is 0 Å². The van der Waals surface area contributed by atoms with E-state index >= 15 is 0 Å². The van der Waals surface area contributed by atoms with Gasteiger partial charge < -0.3 is 0 Å². The maximum atomic E-state index is 8.51. The van der Waals surface area contributed by atoms with Gasteiger partial charge >= 0.3 is 0 Å². The molecule has 0 spiro atoms. The lowest BCUT2D eigenvalue weighted by Gasteiger charge is -2.12. The van der Waals surface area contributed by atoms with E-state index in [0.717, 1.165) is 6.42 Å². The van der Waals surface area contributed by atoms with Crippen molar-refractivity contribution in [2.24, 2.45) is 11.8 Å². The lowest BCUT2D eigenvalue weighted by molar-refractivity contribution is 0.535. The Bertz CT molecular complexity index is 216. The minimum Gasteiger partial charge on any atom is -0.198 e. The average Bonchev–Trinajstić information content (AvgIpc) is 2.05. The third-order valence-electron chi connectivity index (χ3n) is 1.68. The highest BCUT2D eigenvalue weighted by Crippen LogP contribution is 2.21. The second kappa shape index (κ2) is 3.03. The van der Waals surface area contributed by atoms with Crippen LogP contribution in [-0.2, 0) is 0 Å². The van der Waals surface area contributed by atoms with E-state index in [-0.39, 0.29) is 11.8 Å². The molecule has 10 heavy (non-hydrogen) atoms. The molecule has 1 aliphatic rings. The van der Waals surface area contributed by atoms with E-state index < -0.39 is 0 Å². The minimum atomic E-state index is -0.0293. The number of allylic oxidation sites excluding steroid dienone is 2. The molecule has 0 heterocycles. The van der Waals surface area contributed by atoms with E-state index in [9.17, 15) is 0 Å². The van der Waals surface area contributed by atoms with Crippen molar-refractivity contribution in [3.8, 4) is 12.1 Å². The second-order valence-electron chi connectivity index (χ2n) is 2.46. The Labute approximate surface area is 60.4 Å². The molecule has 0 aromatic carbocycles. The Kier molecular flexibility index (Phi) is 2.07. The molecule has 0 amide bonds. The second-order valence-corrected chi connectivity index (χ2v) is 2.46. The van der Waals surface area contributed by atoms with Gasteiger partial charge in [-0.15, -0.1) is 0 Å². The van der Waals surface area contributed by atoms with Crippen LogP contribution in [-0.4, -0.2) is 0 Å². The molecule has 50 valence electrons. The van der Waals surface area contributed by atoms with Gasteiger partial charge in [0.25, 0.3) is 0 Å². The van der Waals surface area contributed by atoms with Crippen molar-refractivity contribution in [1.82, 2.24) is 0 Å². The van der Waals surface area contributed by atoms with Crippen LogP contribution in [0.25, 0.3) is 0 Å². The van der Waals surface area contributed by atoms with Gasteiger partial charge in [0.2, 0.25) is 0 Å². The molecule has 2 unspecified atom stereocenters. The molecule has 2 atom stereocenters. The lowest BCUT2D eigenvalue weighted by atomic mass is 9.89. The molecule has 1 rings (SSSR count). The summed E-state index contributed by atoms with van der Waals surface area (Å²) in [6.07, 6.45) is 5.33. The van der Waals surface area contributed by atoms with Crippen LogP contribution >= 0.6 is 0 Å².